The van der Waals surface area contributed by atoms with E-state index in [1.165, 1.54) is 31.2 Å². The number of carboxylic acids is 1. The molecule has 3 aliphatic rings. The maximum atomic E-state index is 14.5. The van der Waals surface area contributed by atoms with Crippen molar-refractivity contribution in [1.82, 2.24) is 31.9 Å². The van der Waals surface area contributed by atoms with Crippen LogP contribution in [-0.2, 0) is 92.3 Å². The molecular formula is C66H103BrN8O22. The van der Waals surface area contributed by atoms with Crippen LogP contribution >= 0.6 is 15.9 Å². The number of ether oxygens (including phenoxy) is 11. The van der Waals surface area contributed by atoms with Crippen molar-refractivity contribution in [2.45, 2.75) is 160 Å². The highest BCUT2D eigenvalue weighted by Crippen LogP contribution is 2.43. The van der Waals surface area contributed by atoms with Crippen molar-refractivity contribution < 1.29 is 105 Å². The fourth-order valence-electron chi connectivity index (χ4n) is 10.4. The molecule has 97 heavy (non-hydrogen) atoms. The Morgan fingerprint density at radius 3 is 1.94 bits per heavy atom. The van der Waals surface area contributed by atoms with Gasteiger partial charge in [-0.1, -0.05) is 72.6 Å². The van der Waals surface area contributed by atoms with Gasteiger partial charge in [-0.05, 0) is 82.1 Å². The van der Waals surface area contributed by atoms with Gasteiger partial charge in [-0.3, -0.25) is 33.7 Å². The second-order valence-electron chi connectivity index (χ2n) is 24.1. The van der Waals surface area contributed by atoms with Crippen LogP contribution in [0.2, 0.25) is 0 Å². The molecule has 0 aromatic heterocycles. The Morgan fingerprint density at radius 2 is 1.36 bits per heavy atom. The van der Waals surface area contributed by atoms with Gasteiger partial charge in [0.2, 0.25) is 23.6 Å². The minimum Gasteiger partial charge on any atom is -0.480 e. The molecular weight excluding hydrogens is 1340 g/mol. The number of nitrogens with one attached hydrogen (secondary N) is 6. The number of rotatable bonds is 47. The molecule has 11 atom stereocenters. The van der Waals surface area contributed by atoms with Crippen LogP contribution in [0.5, 0.6) is 0 Å². The number of benzene rings is 1. The molecule has 3 fully saturated rings. The number of hydrogen-bond acceptors (Lipinski definition) is 21. The van der Waals surface area contributed by atoms with Gasteiger partial charge in [-0.15, -0.1) is 0 Å². The van der Waals surface area contributed by atoms with Crippen LogP contribution in [-0.4, -0.2) is 242 Å². The van der Waals surface area contributed by atoms with Crippen LogP contribution in [0.25, 0.3) is 0 Å². The molecule has 1 spiro atoms. The zero-order chi connectivity index (χ0) is 71.1. The molecule has 10 N–H and O–H groups in total. The van der Waals surface area contributed by atoms with Crippen LogP contribution < -0.4 is 42.5 Å². The number of amides is 8. The number of allylic oxidation sites excluding steroid dienone is 2. The number of aliphatic hydroxyl groups is 1. The van der Waals surface area contributed by atoms with E-state index in [1.807, 2.05) is 26.0 Å². The lowest BCUT2D eigenvalue weighted by atomic mass is 9.87. The molecule has 546 valence electrons. The summed E-state index contributed by atoms with van der Waals surface area (Å²) in [6, 6.07) is 2.50. The number of primary amides is 1. The fraction of sp³-hybridized carbons (Fsp3) is 0.682. The molecule has 4 rings (SSSR count). The number of epoxide rings is 1. The Balaban J connectivity index is 1.17. The molecule has 31 heteroatoms. The van der Waals surface area contributed by atoms with E-state index < -0.39 is 83.9 Å². The Labute approximate surface area is 576 Å². The van der Waals surface area contributed by atoms with Crippen molar-refractivity contribution >= 4 is 75.2 Å². The number of anilines is 1. The van der Waals surface area contributed by atoms with E-state index in [4.69, 9.17) is 57.8 Å². The number of esters is 1. The van der Waals surface area contributed by atoms with E-state index in [0.29, 0.717) is 97.4 Å². The molecule has 1 aromatic rings. The number of carbonyl (C=O) groups excluding carboxylic acids is 8. The van der Waals surface area contributed by atoms with Gasteiger partial charge in [-0.25, -0.2) is 14.4 Å². The molecule has 8 amide bonds. The van der Waals surface area contributed by atoms with Gasteiger partial charge in [0.05, 0.1) is 122 Å². The molecule has 0 aliphatic carbocycles. The highest BCUT2D eigenvalue weighted by Gasteiger charge is 2.58. The number of halogens is 1. The summed E-state index contributed by atoms with van der Waals surface area (Å²) in [7, 11) is 0. The van der Waals surface area contributed by atoms with Crippen molar-refractivity contribution in [1.29, 1.82) is 0 Å². The number of urea groups is 1. The van der Waals surface area contributed by atoms with Crippen molar-refractivity contribution in [2.75, 3.05) is 122 Å². The molecule has 30 nitrogen and oxygen atoms in total. The smallest absolute Gasteiger partial charge is 0.407 e. The van der Waals surface area contributed by atoms with Crippen LogP contribution in [0.3, 0.4) is 0 Å². The third kappa shape index (κ3) is 33.2. The maximum absolute atomic E-state index is 14.5. The average Bonchev–Trinajstić information content (AvgIpc) is 1.67. The topological polar surface area (TPSA) is 400 Å². The van der Waals surface area contributed by atoms with Gasteiger partial charge in [0.15, 0.2) is 0 Å². The number of alkyl halides is 1. The zero-order valence-corrected chi connectivity index (χ0v) is 58.5. The van der Waals surface area contributed by atoms with Crippen LogP contribution in [0.15, 0.2) is 60.2 Å². The van der Waals surface area contributed by atoms with Gasteiger partial charge >= 0.3 is 24.1 Å². The maximum Gasteiger partial charge on any atom is 0.407 e. The summed E-state index contributed by atoms with van der Waals surface area (Å²) in [5.41, 5.74) is 5.97. The first kappa shape index (κ1) is 82.8. The monoisotopic (exact) mass is 1440 g/mol. The lowest BCUT2D eigenvalue weighted by molar-refractivity contribution is -0.145. The third-order valence-corrected chi connectivity index (χ3v) is 16.2. The average molecular weight is 1440 g/mol. The summed E-state index contributed by atoms with van der Waals surface area (Å²) in [6.07, 6.45) is 6.14. The summed E-state index contributed by atoms with van der Waals surface area (Å²) in [4.78, 5) is 114. The Kier molecular flexibility index (Phi) is 39.1. The summed E-state index contributed by atoms with van der Waals surface area (Å²) in [6.45, 7) is 16.8. The van der Waals surface area contributed by atoms with Crippen LogP contribution in [0, 0.1) is 11.8 Å². The number of nitrogens with two attached hydrogens (primary N) is 1. The van der Waals surface area contributed by atoms with E-state index in [9.17, 15) is 53.4 Å². The minimum absolute atomic E-state index is 0.0132. The lowest BCUT2D eigenvalue weighted by Gasteiger charge is -2.39. The number of carbonyl (C=O) groups is 9. The lowest BCUT2D eigenvalue weighted by Crippen LogP contribution is -2.56. The first-order chi connectivity index (χ1) is 46.4. The molecule has 0 radical (unpaired) electrons. The number of carboxylic acid groups (broad SMARTS) is 1. The van der Waals surface area contributed by atoms with Gasteiger partial charge in [-0.2, -0.15) is 0 Å². The normalized spacial score (nSPS) is 21.7. The quantitative estimate of drug-likeness (QED) is 0.0113. The van der Waals surface area contributed by atoms with Crippen molar-refractivity contribution in [2.24, 2.45) is 17.6 Å². The van der Waals surface area contributed by atoms with Gasteiger partial charge in [0.25, 0.3) is 5.91 Å². The largest absolute Gasteiger partial charge is 0.480 e. The molecule has 0 bridgehead atoms. The first-order valence-corrected chi connectivity index (χ1v) is 34.1. The highest BCUT2D eigenvalue weighted by atomic mass is 79.9. The standard InChI is InChI=1S/C66H103BrN8O22/c1-43(2)60(74-57(78)20-25-87-27-29-89-31-33-91-35-36-92-34-32-90-30-28-88-26-24-70-59(80)40-67)62(82)75(53(63(83)84)9-8-21-71-64(68)85)50-15-13-49(14-16-50)41-93-65(86)72-23-22-69-58(79)38-51-39-66(42-94-66)61(81)55(97-51)18-11-44(3)10-17-54-45(4)37-52(47(6)96-54)73-56(77)19-12-46(5)95-48(7)76/h10-16,18-19,43,45-47,51-55,60-61,81H,8-9,17,20-42H2,1-7H3,(H,69,79)(H,70,80)(H,72,86)(H,73,77)(H,74,78)(H,83,84)(H3,68,71,85)/b18-11+,19-12-,44-10+/t45-,46-,47+,51+,52+,53-,54-,55+,60-,61+,66+/m0/s1. The Hall–Kier alpha value is -6.65. The molecule has 3 heterocycles. The van der Waals surface area contributed by atoms with Gasteiger partial charge < -0.3 is 100.0 Å². The van der Waals surface area contributed by atoms with E-state index in [2.05, 4.69) is 54.8 Å². The number of hydrogen-bond donors (Lipinski definition) is 9. The third-order valence-electron chi connectivity index (χ3n) is 15.7. The number of nitrogens with zero attached hydrogens (tertiary/aromatic N) is 1. The summed E-state index contributed by atoms with van der Waals surface area (Å²) < 4.78 is 61.6. The second-order valence-corrected chi connectivity index (χ2v) is 24.6. The number of alkyl carbamates (subject to hydrolysis) is 1. The molecule has 3 aliphatic heterocycles. The molecule has 0 unspecified atom stereocenters. The van der Waals surface area contributed by atoms with E-state index in [-0.39, 0.29) is 125 Å². The van der Waals surface area contributed by atoms with Crippen molar-refractivity contribution in [3.05, 3.63) is 65.8 Å². The molecule has 3 saturated heterocycles. The van der Waals surface area contributed by atoms with Crippen molar-refractivity contribution in [3.8, 4) is 0 Å². The van der Waals surface area contributed by atoms with E-state index in [1.54, 1.807) is 39.0 Å². The molecule has 1 aromatic carbocycles. The van der Waals surface area contributed by atoms with Crippen molar-refractivity contribution in [3.63, 3.8) is 0 Å². The Morgan fingerprint density at radius 1 is 0.763 bits per heavy atom. The minimum atomic E-state index is -1.44. The van der Waals surface area contributed by atoms with Gasteiger partial charge in [0.1, 0.15) is 42.6 Å². The number of aliphatic carboxylic acids is 1. The SMILES string of the molecule is CC(=O)O[C@@H](C)/C=C\C(=O)N[C@@H]1C[C@H](C)[C@H](C/C=C(C)/C=C/[C@H]2O[C@H](CC(=O)NCCNC(=O)OCc3ccc(N(C(=O)[C@@H](NC(=O)CCOCCOCCOCCOCCOCCOCCNC(=O)CBr)C(C)C)[C@@H](CCCNC(N)=O)C(=O)O)cc3)C[C@@]3(CO3)[C@@H]2O)O[C@@H]1C. The predicted octanol–water partition coefficient (Wildman–Crippen LogP) is 2.78. The molecule has 0 saturated carbocycles. The number of aliphatic hydroxyl groups excluding tert-OH is 1. The first-order valence-electron chi connectivity index (χ1n) is 33.0. The zero-order valence-electron chi connectivity index (χ0n) is 56.9. The van der Waals surface area contributed by atoms with Crippen LogP contribution in [0.4, 0.5) is 15.3 Å². The van der Waals surface area contributed by atoms with Gasteiger partial charge in [0, 0.05) is 57.7 Å². The van der Waals surface area contributed by atoms with E-state index in [0.717, 1.165) is 10.5 Å². The predicted molar refractivity (Wildman–Crippen MR) is 357 cm³/mol. The van der Waals surface area contributed by atoms with E-state index >= 15 is 0 Å². The second kappa shape index (κ2) is 45.8. The highest BCUT2D eigenvalue weighted by molar-refractivity contribution is 9.09. The summed E-state index contributed by atoms with van der Waals surface area (Å²) >= 11 is 3.07. The van der Waals surface area contributed by atoms with Crippen LogP contribution in [0.1, 0.15) is 99.0 Å². The summed E-state index contributed by atoms with van der Waals surface area (Å²) in [5, 5.41) is 38.2. The summed E-state index contributed by atoms with van der Waals surface area (Å²) in [5.74, 6) is -4.09. The Bertz CT molecular complexity index is 2700. The fourth-order valence-corrected chi connectivity index (χ4v) is 10.6.